The summed E-state index contributed by atoms with van der Waals surface area (Å²) in [5.41, 5.74) is 2.40. The van der Waals surface area contributed by atoms with E-state index in [1.807, 2.05) is 18.4 Å². The molecule has 1 heterocycles. The van der Waals surface area contributed by atoms with Crippen molar-refractivity contribution in [2.24, 2.45) is 0 Å². The number of carbonyl (C=O) groups excluding carboxylic acids is 1. The second-order valence-electron chi connectivity index (χ2n) is 4.41. The van der Waals surface area contributed by atoms with Gasteiger partial charge in [-0.15, -0.1) is 11.3 Å². The molecule has 0 spiro atoms. The maximum absolute atomic E-state index is 12.1. The molecule has 5 heteroatoms. The van der Waals surface area contributed by atoms with Crippen molar-refractivity contribution in [1.82, 2.24) is 10.3 Å². The number of amides is 1. The van der Waals surface area contributed by atoms with Crippen LogP contribution in [0.3, 0.4) is 0 Å². The molecule has 0 atom stereocenters. The number of aryl methyl sites for hydroxylation is 1. The summed E-state index contributed by atoms with van der Waals surface area (Å²) in [6, 6.07) is 5.43. The van der Waals surface area contributed by atoms with Gasteiger partial charge in [-0.05, 0) is 24.6 Å². The maximum atomic E-state index is 12.1. The van der Waals surface area contributed by atoms with E-state index in [0.29, 0.717) is 18.5 Å². The molecule has 1 aromatic heterocycles. The Hall–Kier alpha value is -2.16. The number of aromatic nitrogens is 1. The van der Waals surface area contributed by atoms with Crippen molar-refractivity contribution in [1.29, 1.82) is 0 Å². The Labute approximate surface area is 127 Å². The summed E-state index contributed by atoms with van der Waals surface area (Å²) in [6.07, 6.45) is 2.15. The highest BCUT2D eigenvalue weighted by molar-refractivity contribution is 7.09. The van der Waals surface area contributed by atoms with Gasteiger partial charge in [0, 0.05) is 29.1 Å². The standard InChI is InChI=1S/C16H16N2O2S/c1-12-5-6-14(10-13(12)4-2-3-8-19)16(20)18-11-15-17-7-9-21-15/h5-7,9-10,19H,3,8,11H2,1H3,(H,18,20). The third-order valence-electron chi connectivity index (χ3n) is 2.84. The lowest BCUT2D eigenvalue weighted by atomic mass is 10.0. The Morgan fingerprint density at radius 3 is 3.05 bits per heavy atom. The molecular formula is C16H16N2O2S. The zero-order valence-corrected chi connectivity index (χ0v) is 12.5. The Balaban J connectivity index is 2.07. The lowest BCUT2D eigenvalue weighted by Gasteiger charge is -2.05. The zero-order chi connectivity index (χ0) is 15.1. The van der Waals surface area contributed by atoms with Crippen molar-refractivity contribution in [3.05, 3.63) is 51.5 Å². The van der Waals surface area contributed by atoms with Gasteiger partial charge in [-0.1, -0.05) is 17.9 Å². The molecule has 108 valence electrons. The molecule has 0 radical (unpaired) electrons. The Morgan fingerprint density at radius 2 is 2.33 bits per heavy atom. The number of aliphatic hydroxyl groups is 1. The minimum atomic E-state index is -0.143. The zero-order valence-electron chi connectivity index (χ0n) is 11.7. The fourth-order valence-corrected chi connectivity index (χ4v) is 2.27. The van der Waals surface area contributed by atoms with Crippen LogP contribution in [-0.4, -0.2) is 22.6 Å². The average molecular weight is 300 g/mol. The van der Waals surface area contributed by atoms with Gasteiger partial charge >= 0.3 is 0 Å². The molecule has 0 aliphatic rings. The Morgan fingerprint density at radius 1 is 1.48 bits per heavy atom. The fraction of sp³-hybridized carbons (Fsp3) is 0.250. The van der Waals surface area contributed by atoms with E-state index in [0.717, 1.165) is 16.1 Å². The van der Waals surface area contributed by atoms with Gasteiger partial charge in [0.1, 0.15) is 5.01 Å². The molecule has 0 unspecified atom stereocenters. The van der Waals surface area contributed by atoms with E-state index in [4.69, 9.17) is 5.11 Å². The van der Waals surface area contributed by atoms with Crippen LogP contribution in [0.5, 0.6) is 0 Å². The number of thiazole rings is 1. The molecule has 0 fully saturated rings. The predicted molar refractivity (Wildman–Crippen MR) is 83.0 cm³/mol. The first-order valence-electron chi connectivity index (χ1n) is 6.57. The van der Waals surface area contributed by atoms with Gasteiger partial charge in [0.25, 0.3) is 5.91 Å². The molecule has 0 saturated carbocycles. The average Bonchev–Trinajstić information content (AvgIpc) is 3.00. The number of benzene rings is 1. The fourth-order valence-electron chi connectivity index (χ4n) is 1.71. The van der Waals surface area contributed by atoms with Crippen LogP contribution in [0.1, 0.15) is 32.9 Å². The highest BCUT2D eigenvalue weighted by Gasteiger charge is 2.07. The number of rotatable bonds is 4. The van der Waals surface area contributed by atoms with Crippen molar-refractivity contribution in [3.8, 4) is 11.8 Å². The van der Waals surface area contributed by atoms with Crippen LogP contribution >= 0.6 is 11.3 Å². The van der Waals surface area contributed by atoms with E-state index in [2.05, 4.69) is 22.1 Å². The molecular weight excluding hydrogens is 284 g/mol. The monoisotopic (exact) mass is 300 g/mol. The van der Waals surface area contributed by atoms with Crippen molar-refractivity contribution in [2.45, 2.75) is 19.9 Å². The first kappa shape index (κ1) is 15.2. The summed E-state index contributed by atoms with van der Waals surface area (Å²) >= 11 is 1.51. The van der Waals surface area contributed by atoms with Crippen LogP contribution in [0.15, 0.2) is 29.8 Å². The number of hydrogen-bond donors (Lipinski definition) is 2. The summed E-state index contributed by atoms with van der Waals surface area (Å²) in [7, 11) is 0. The van der Waals surface area contributed by atoms with E-state index >= 15 is 0 Å². The molecule has 0 aliphatic heterocycles. The van der Waals surface area contributed by atoms with E-state index < -0.39 is 0 Å². The first-order valence-corrected chi connectivity index (χ1v) is 7.45. The van der Waals surface area contributed by atoms with Gasteiger partial charge in [0.15, 0.2) is 0 Å². The summed E-state index contributed by atoms with van der Waals surface area (Å²) in [5.74, 6) is 5.71. The number of nitrogens with zero attached hydrogens (tertiary/aromatic N) is 1. The molecule has 1 amide bonds. The molecule has 2 N–H and O–H groups in total. The van der Waals surface area contributed by atoms with Crippen LogP contribution < -0.4 is 5.32 Å². The summed E-state index contributed by atoms with van der Waals surface area (Å²) in [4.78, 5) is 16.2. The van der Waals surface area contributed by atoms with Gasteiger partial charge in [-0.3, -0.25) is 4.79 Å². The van der Waals surface area contributed by atoms with E-state index in [-0.39, 0.29) is 12.5 Å². The van der Waals surface area contributed by atoms with Gasteiger partial charge < -0.3 is 10.4 Å². The summed E-state index contributed by atoms with van der Waals surface area (Å²) in [6.45, 7) is 2.41. The second-order valence-corrected chi connectivity index (χ2v) is 5.39. The van der Waals surface area contributed by atoms with E-state index in [1.165, 1.54) is 11.3 Å². The van der Waals surface area contributed by atoms with Gasteiger partial charge in [-0.2, -0.15) is 0 Å². The van der Waals surface area contributed by atoms with Crippen molar-refractivity contribution < 1.29 is 9.90 Å². The van der Waals surface area contributed by atoms with Crippen molar-refractivity contribution >= 4 is 17.2 Å². The van der Waals surface area contributed by atoms with Crippen LogP contribution in [0.4, 0.5) is 0 Å². The minimum absolute atomic E-state index is 0.0417. The quantitative estimate of drug-likeness (QED) is 0.850. The number of hydrogen-bond acceptors (Lipinski definition) is 4. The molecule has 2 rings (SSSR count). The Kier molecular flexibility index (Phi) is 5.50. The van der Waals surface area contributed by atoms with Crippen LogP contribution in [-0.2, 0) is 6.54 Å². The van der Waals surface area contributed by atoms with Crippen molar-refractivity contribution in [3.63, 3.8) is 0 Å². The number of aliphatic hydroxyl groups excluding tert-OH is 1. The normalized spacial score (nSPS) is 9.81. The largest absolute Gasteiger partial charge is 0.395 e. The molecule has 4 nitrogen and oxygen atoms in total. The van der Waals surface area contributed by atoms with E-state index in [1.54, 1.807) is 18.3 Å². The minimum Gasteiger partial charge on any atom is -0.395 e. The second kappa shape index (κ2) is 7.58. The van der Waals surface area contributed by atoms with Crippen molar-refractivity contribution in [2.75, 3.05) is 6.61 Å². The highest BCUT2D eigenvalue weighted by Crippen LogP contribution is 2.11. The maximum Gasteiger partial charge on any atom is 0.251 e. The summed E-state index contributed by atoms with van der Waals surface area (Å²) in [5, 5.41) is 14.3. The van der Waals surface area contributed by atoms with Crippen LogP contribution in [0, 0.1) is 18.8 Å². The first-order chi connectivity index (χ1) is 10.2. The smallest absolute Gasteiger partial charge is 0.251 e. The SMILES string of the molecule is Cc1ccc(C(=O)NCc2nccs2)cc1C#CCCO. The summed E-state index contributed by atoms with van der Waals surface area (Å²) < 4.78 is 0. The van der Waals surface area contributed by atoms with Gasteiger partial charge in [0.2, 0.25) is 0 Å². The van der Waals surface area contributed by atoms with Gasteiger partial charge in [0.05, 0.1) is 13.2 Å². The Bertz CT molecular complexity index is 669. The molecule has 21 heavy (non-hydrogen) atoms. The number of nitrogens with one attached hydrogen (secondary N) is 1. The molecule has 2 aromatic rings. The lowest BCUT2D eigenvalue weighted by molar-refractivity contribution is 0.0951. The lowest BCUT2D eigenvalue weighted by Crippen LogP contribution is -2.22. The van der Waals surface area contributed by atoms with Crippen LogP contribution in [0.2, 0.25) is 0 Å². The molecule has 1 aromatic carbocycles. The van der Waals surface area contributed by atoms with E-state index in [9.17, 15) is 4.79 Å². The molecule has 0 saturated heterocycles. The third-order valence-corrected chi connectivity index (χ3v) is 3.62. The van der Waals surface area contributed by atoms with Crippen LogP contribution in [0.25, 0.3) is 0 Å². The topological polar surface area (TPSA) is 62.2 Å². The predicted octanol–water partition coefficient (Wildman–Crippen LogP) is 2.12. The third kappa shape index (κ3) is 4.42. The molecule has 0 aliphatic carbocycles. The molecule has 0 bridgehead atoms. The highest BCUT2D eigenvalue weighted by atomic mass is 32.1. The number of carbonyl (C=O) groups is 1. The van der Waals surface area contributed by atoms with Gasteiger partial charge in [-0.25, -0.2) is 4.98 Å².